The molecule has 1 saturated carbocycles. The Morgan fingerprint density at radius 2 is 1.85 bits per heavy atom. The zero-order valence-electron chi connectivity index (χ0n) is 12.4. The number of hydrogen-bond acceptors (Lipinski definition) is 2. The zero-order valence-corrected chi connectivity index (χ0v) is 12.4. The summed E-state index contributed by atoms with van der Waals surface area (Å²) in [4.78, 5) is 14.6. The molecule has 2 fully saturated rings. The summed E-state index contributed by atoms with van der Waals surface area (Å²) in [5.41, 5.74) is 2.56. The molecule has 2 atom stereocenters. The molecule has 1 N–H and O–H groups in total. The molecule has 108 valence electrons. The average molecular weight is 272 g/mol. The van der Waals surface area contributed by atoms with Gasteiger partial charge in [-0.25, -0.2) is 0 Å². The minimum Gasteiger partial charge on any atom is -0.319 e. The molecule has 3 nitrogen and oxygen atoms in total. The lowest BCUT2D eigenvalue weighted by molar-refractivity contribution is -0.132. The summed E-state index contributed by atoms with van der Waals surface area (Å²) in [5.74, 6) is 0.265. The Morgan fingerprint density at radius 1 is 1.20 bits per heavy atom. The van der Waals surface area contributed by atoms with E-state index >= 15 is 0 Å². The van der Waals surface area contributed by atoms with Gasteiger partial charge in [0.25, 0.3) is 0 Å². The molecule has 0 aromatic heterocycles. The third-order valence-electron chi connectivity index (χ3n) is 4.73. The molecule has 1 saturated heterocycles. The zero-order chi connectivity index (χ0) is 14.1. The van der Waals surface area contributed by atoms with Gasteiger partial charge in [0, 0.05) is 6.04 Å². The van der Waals surface area contributed by atoms with Crippen molar-refractivity contribution in [1.82, 2.24) is 10.2 Å². The van der Waals surface area contributed by atoms with Crippen LogP contribution in [0.2, 0.25) is 0 Å². The fourth-order valence-corrected chi connectivity index (χ4v) is 3.50. The van der Waals surface area contributed by atoms with E-state index in [-0.39, 0.29) is 18.1 Å². The van der Waals surface area contributed by atoms with Crippen LogP contribution in [0.15, 0.2) is 24.3 Å². The second kappa shape index (κ2) is 5.57. The van der Waals surface area contributed by atoms with Gasteiger partial charge in [-0.05, 0) is 37.3 Å². The fourth-order valence-electron chi connectivity index (χ4n) is 3.50. The van der Waals surface area contributed by atoms with Crippen LogP contribution in [0.4, 0.5) is 0 Å². The first kappa shape index (κ1) is 13.6. The second-order valence-corrected chi connectivity index (χ2v) is 6.07. The molecule has 2 aliphatic rings. The van der Waals surface area contributed by atoms with Crippen molar-refractivity contribution in [2.24, 2.45) is 0 Å². The molecule has 3 heteroatoms. The maximum absolute atomic E-state index is 12.5. The third-order valence-corrected chi connectivity index (χ3v) is 4.73. The van der Waals surface area contributed by atoms with Gasteiger partial charge in [0.15, 0.2) is 0 Å². The first-order chi connectivity index (χ1) is 9.70. The molecule has 1 aromatic carbocycles. The summed E-state index contributed by atoms with van der Waals surface area (Å²) in [7, 11) is 0. The first-order valence-corrected chi connectivity index (χ1v) is 7.87. The van der Waals surface area contributed by atoms with Crippen molar-refractivity contribution in [1.29, 1.82) is 0 Å². The van der Waals surface area contributed by atoms with E-state index in [2.05, 4.69) is 41.4 Å². The topological polar surface area (TPSA) is 32.3 Å². The highest BCUT2D eigenvalue weighted by molar-refractivity contribution is 5.84. The van der Waals surface area contributed by atoms with Crippen LogP contribution >= 0.6 is 0 Å². The van der Waals surface area contributed by atoms with E-state index in [0.717, 1.165) is 19.3 Å². The van der Waals surface area contributed by atoms with Crippen molar-refractivity contribution >= 4 is 5.91 Å². The Morgan fingerprint density at radius 3 is 2.45 bits per heavy atom. The van der Waals surface area contributed by atoms with Crippen LogP contribution < -0.4 is 5.32 Å². The molecule has 2 unspecified atom stereocenters. The summed E-state index contributed by atoms with van der Waals surface area (Å²) in [6.45, 7) is 4.14. The molecular weight excluding hydrogens is 248 g/mol. The Kier molecular flexibility index (Phi) is 3.79. The van der Waals surface area contributed by atoms with Crippen molar-refractivity contribution in [3.8, 4) is 0 Å². The van der Waals surface area contributed by atoms with Crippen molar-refractivity contribution in [3.63, 3.8) is 0 Å². The average Bonchev–Trinajstić information content (AvgIpc) is 3.08. The number of carbonyl (C=O) groups is 1. The van der Waals surface area contributed by atoms with Gasteiger partial charge >= 0.3 is 0 Å². The molecule has 1 aliphatic heterocycles. The van der Waals surface area contributed by atoms with E-state index in [1.54, 1.807) is 0 Å². The van der Waals surface area contributed by atoms with Gasteiger partial charge in [0.05, 0.1) is 6.04 Å². The molecule has 0 radical (unpaired) electrons. The number of carbonyl (C=O) groups excluding carboxylic acids is 1. The van der Waals surface area contributed by atoms with Crippen molar-refractivity contribution in [2.45, 2.75) is 64.2 Å². The number of amides is 1. The number of rotatable bonds is 3. The van der Waals surface area contributed by atoms with Gasteiger partial charge < -0.3 is 4.90 Å². The number of nitrogens with zero attached hydrogens (tertiary/aromatic N) is 1. The standard InChI is InChI=1S/C17H24N2O/c1-3-13-8-10-14(11-9-13)16-18-12(2)17(20)19(16)15-6-4-5-7-15/h8-12,15-16,18H,3-7H2,1-2H3. The molecule has 0 spiro atoms. The minimum absolute atomic E-state index is 0.0616. The van der Waals surface area contributed by atoms with E-state index in [4.69, 9.17) is 0 Å². The summed E-state index contributed by atoms with van der Waals surface area (Å²) in [5, 5.41) is 3.46. The van der Waals surface area contributed by atoms with Gasteiger partial charge in [-0.15, -0.1) is 0 Å². The summed E-state index contributed by atoms with van der Waals surface area (Å²) >= 11 is 0. The number of hydrogen-bond donors (Lipinski definition) is 1. The van der Waals surface area contributed by atoms with Crippen molar-refractivity contribution in [3.05, 3.63) is 35.4 Å². The maximum atomic E-state index is 12.5. The smallest absolute Gasteiger partial charge is 0.241 e. The molecule has 1 heterocycles. The first-order valence-electron chi connectivity index (χ1n) is 7.87. The van der Waals surface area contributed by atoms with Crippen LogP contribution in [0.25, 0.3) is 0 Å². The van der Waals surface area contributed by atoms with E-state index in [9.17, 15) is 4.79 Å². The Bertz CT molecular complexity index is 476. The lowest BCUT2D eigenvalue weighted by Crippen LogP contribution is -2.38. The van der Waals surface area contributed by atoms with E-state index < -0.39 is 0 Å². The Labute approximate surface area is 121 Å². The Balaban J connectivity index is 1.86. The monoisotopic (exact) mass is 272 g/mol. The fraction of sp³-hybridized carbons (Fsp3) is 0.588. The maximum Gasteiger partial charge on any atom is 0.241 e. The summed E-state index contributed by atoms with van der Waals surface area (Å²) in [6.07, 6.45) is 5.94. The lowest BCUT2D eigenvalue weighted by Gasteiger charge is -2.30. The van der Waals surface area contributed by atoms with Crippen molar-refractivity contribution in [2.75, 3.05) is 0 Å². The van der Waals surface area contributed by atoms with Gasteiger partial charge in [0.2, 0.25) is 5.91 Å². The summed E-state index contributed by atoms with van der Waals surface area (Å²) < 4.78 is 0. The predicted octanol–water partition coefficient (Wildman–Crippen LogP) is 3.01. The van der Waals surface area contributed by atoms with Crippen LogP contribution in [0.3, 0.4) is 0 Å². The normalized spacial score (nSPS) is 27.5. The van der Waals surface area contributed by atoms with E-state index in [1.165, 1.54) is 24.0 Å². The van der Waals surface area contributed by atoms with E-state index in [0.29, 0.717) is 6.04 Å². The largest absolute Gasteiger partial charge is 0.319 e. The van der Waals surface area contributed by atoms with Gasteiger partial charge in [-0.1, -0.05) is 44.0 Å². The molecule has 1 aliphatic carbocycles. The van der Waals surface area contributed by atoms with Crippen LogP contribution in [0.5, 0.6) is 0 Å². The molecule has 1 aromatic rings. The molecule has 3 rings (SSSR count). The Hall–Kier alpha value is -1.35. The van der Waals surface area contributed by atoms with Crippen LogP contribution in [-0.2, 0) is 11.2 Å². The van der Waals surface area contributed by atoms with Crippen LogP contribution in [0.1, 0.15) is 56.8 Å². The van der Waals surface area contributed by atoms with E-state index in [1.807, 2.05) is 6.92 Å². The molecular formula is C17H24N2O. The van der Waals surface area contributed by atoms with Crippen LogP contribution in [-0.4, -0.2) is 22.9 Å². The highest BCUT2D eigenvalue weighted by Gasteiger charge is 2.41. The predicted molar refractivity (Wildman–Crippen MR) is 80.3 cm³/mol. The second-order valence-electron chi connectivity index (χ2n) is 6.07. The number of nitrogens with one attached hydrogen (secondary N) is 1. The molecule has 0 bridgehead atoms. The molecule has 20 heavy (non-hydrogen) atoms. The lowest BCUT2D eigenvalue weighted by atomic mass is 10.1. The SMILES string of the molecule is CCc1ccc(C2NC(C)C(=O)N2C2CCCC2)cc1. The number of aryl methyl sites for hydroxylation is 1. The number of benzene rings is 1. The highest BCUT2D eigenvalue weighted by atomic mass is 16.2. The minimum atomic E-state index is -0.0635. The molecule has 1 amide bonds. The van der Waals surface area contributed by atoms with Gasteiger partial charge in [-0.2, -0.15) is 0 Å². The highest BCUT2D eigenvalue weighted by Crippen LogP contribution is 2.34. The third kappa shape index (κ3) is 2.35. The van der Waals surface area contributed by atoms with Crippen molar-refractivity contribution < 1.29 is 4.79 Å². The summed E-state index contributed by atoms with van der Waals surface area (Å²) in [6, 6.07) is 9.06. The quantitative estimate of drug-likeness (QED) is 0.917. The van der Waals surface area contributed by atoms with Crippen LogP contribution in [0, 0.1) is 0 Å². The van der Waals surface area contributed by atoms with Gasteiger partial charge in [-0.3, -0.25) is 10.1 Å². The van der Waals surface area contributed by atoms with Gasteiger partial charge in [0.1, 0.15) is 6.17 Å².